The van der Waals surface area contributed by atoms with Gasteiger partial charge in [0.1, 0.15) is 12.1 Å². The van der Waals surface area contributed by atoms with E-state index in [1.807, 2.05) is 18.2 Å². The van der Waals surface area contributed by atoms with E-state index >= 15 is 0 Å². The Bertz CT molecular complexity index is 981. The smallest absolute Gasteiger partial charge is 0.139 e. The summed E-state index contributed by atoms with van der Waals surface area (Å²) in [6, 6.07) is 6.48. The van der Waals surface area contributed by atoms with Crippen molar-refractivity contribution in [3.63, 3.8) is 0 Å². The Morgan fingerprint density at radius 2 is 1.83 bits per heavy atom. The highest BCUT2D eigenvalue weighted by molar-refractivity contribution is 6.31. The number of piperazine rings is 1. The van der Waals surface area contributed by atoms with E-state index in [9.17, 15) is 0 Å². The number of benzene rings is 1. The van der Waals surface area contributed by atoms with Crippen molar-refractivity contribution >= 4 is 39.9 Å². The van der Waals surface area contributed by atoms with E-state index in [0.717, 1.165) is 80.4 Å². The van der Waals surface area contributed by atoms with Crippen molar-refractivity contribution in [1.82, 2.24) is 19.8 Å². The molecule has 1 unspecified atom stereocenters. The van der Waals surface area contributed by atoms with Crippen molar-refractivity contribution in [2.75, 3.05) is 50.7 Å². The largest absolute Gasteiger partial charge is 0.354 e. The van der Waals surface area contributed by atoms with Crippen molar-refractivity contribution in [1.29, 1.82) is 0 Å². The number of nitrogens with zero attached hydrogens (tertiary/aromatic N) is 5. The molecule has 2 saturated heterocycles. The Balaban J connectivity index is 1.19. The molecule has 0 spiro atoms. The summed E-state index contributed by atoms with van der Waals surface area (Å²) in [7, 11) is 0. The summed E-state index contributed by atoms with van der Waals surface area (Å²) in [5.74, 6) is 1.04. The van der Waals surface area contributed by atoms with Gasteiger partial charge in [-0.15, -0.1) is 0 Å². The van der Waals surface area contributed by atoms with Gasteiger partial charge in [0.2, 0.25) is 0 Å². The lowest BCUT2D eigenvalue weighted by Gasteiger charge is -2.38. The molecule has 30 heavy (non-hydrogen) atoms. The Labute approximate surface area is 188 Å². The van der Waals surface area contributed by atoms with Crippen LogP contribution in [0.25, 0.3) is 10.9 Å². The zero-order chi connectivity index (χ0) is 20.5. The molecule has 0 bridgehead atoms. The summed E-state index contributed by atoms with van der Waals surface area (Å²) >= 11 is 12.2. The maximum absolute atomic E-state index is 6.14. The van der Waals surface area contributed by atoms with Crippen LogP contribution in [0.3, 0.4) is 0 Å². The summed E-state index contributed by atoms with van der Waals surface area (Å²) < 4.78 is 0. The highest BCUT2D eigenvalue weighted by Gasteiger charge is 2.31. The van der Waals surface area contributed by atoms with Crippen molar-refractivity contribution in [2.24, 2.45) is 0 Å². The van der Waals surface area contributed by atoms with E-state index in [4.69, 9.17) is 23.2 Å². The number of allylic oxidation sites excluding steroid dienone is 3. The summed E-state index contributed by atoms with van der Waals surface area (Å²) in [4.78, 5) is 16.7. The van der Waals surface area contributed by atoms with Gasteiger partial charge in [-0.3, -0.25) is 9.80 Å². The molecule has 1 aliphatic carbocycles. The van der Waals surface area contributed by atoms with Crippen LogP contribution < -0.4 is 4.90 Å². The van der Waals surface area contributed by atoms with E-state index in [1.165, 1.54) is 12.0 Å². The third-order valence-corrected chi connectivity index (χ3v) is 7.13. The minimum atomic E-state index is 0.597. The topological polar surface area (TPSA) is 35.5 Å². The minimum Gasteiger partial charge on any atom is -0.354 e. The minimum absolute atomic E-state index is 0.597. The molecule has 2 fully saturated rings. The average Bonchev–Trinajstić information content (AvgIpc) is 3.25. The van der Waals surface area contributed by atoms with Gasteiger partial charge in [0.15, 0.2) is 0 Å². The standard InChI is InChI=1S/C23H27Cl2N5/c24-18-3-1-17(2-4-18)14-28-9-11-29(12-10-28)20-7-8-30(15-20)23-21-6-5-19(25)13-22(21)26-16-27-23/h1,3,5-6,13,16,20H,2,4,7-12,14-15H2. The summed E-state index contributed by atoms with van der Waals surface area (Å²) in [5.41, 5.74) is 2.42. The molecule has 0 amide bonds. The molecule has 2 aliphatic heterocycles. The lowest BCUT2D eigenvalue weighted by atomic mass is 10.0. The van der Waals surface area contributed by atoms with Crippen LogP contribution in [-0.2, 0) is 0 Å². The second-order valence-corrected chi connectivity index (χ2v) is 9.42. The number of hydrogen-bond acceptors (Lipinski definition) is 5. The SMILES string of the molecule is ClC1=CC=C(CN2CCN(C3CCN(c4ncnc5cc(Cl)ccc45)C3)CC2)CC1. The third kappa shape index (κ3) is 4.35. The number of hydrogen-bond donors (Lipinski definition) is 0. The van der Waals surface area contributed by atoms with Crippen molar-refractivity contribution in [3.8, 4) is 0 Å². The Morgan fingerprint density at radius 1 is 0.967 bits per heavy atom. The van der Waals surface area contributed by atoms with Gasteiger partial charge in [-0.05, 0) is 43.5 Å². The van der Waals surface area contributed by atoms with Crippen LogP contribution in [0.1, 0.15) is 19.3 Å². The van der Waals surface area contributed by atoms with Crippen LogP contribution in [0, 0.1) is 0 Å². The molecule has 0 N–H and O–H groups in total. The Hall–Kier alpha value is -1.66. The number of halogens is 2. The average molecular weight is 444 g/mol. The molecule has 5 nitrogen and oxygen atoms in total. The predicted octanol–water partition coefficient (Wildman–Crippen LogP) is 4.32. The first kappa shape index (κ1) is 20.3. The third-order valence-electron chi connectivity index (χ3n) is 6.58. The second kappa shape index (κ2) is 8.83. The highest BCUT2D eigenvalue weighted by atomic mass is 35.5. The van der Waals surface area contributed by atoms with Gasteiger partial charge in [0, 0.05) is 67.3 Å². The van der Waals surface area contributed by atoms with Crippen molar-refractivity contribution < 1.29 is 0 Å². The van der Waals surface area contributed by atoms with E-state index < -0.39 is 0 Å². The van der Waals surface area contributed by atoms with Crippen LogP contribution >= 0.6 is 23.2 Å². The molecule has 3 heterocycles. The van der Waals surface area contributed by atoms with Crippen molar-refractivity contribution in [2.45, 2.75) is 25.3 Å². The Morgan fingerprint density at radius 3 is 2.63 bits per heavy atom. The molecule has 1 aromatic carbocycles. The number of anilines is 1. The predicted molar refractivity (Wildman–Crippen MR) is 124 cm³/mol. The molecular formula is C23H27Cl2N5. The molecule has 1 atom stereocenters. The van der Waals surface area contributed by atoms with E-state index in [0.29, 0.717) is 11.1 Å². The first-order valence-corrected chi connectivity index (χ1v) is 11.6. The number of rotatable bonds is 4. The molecule has 3 aliphatic rings. The lowest BCUT2D eigenvalue weighted by molar-refractivity contribution is 0.109. The van der Waals surface area contributed by atoms with Gasteiger partial charge in [-0.2, -0.15) is 0 Å². The fourth-order valence-corrected chi connectivity index (χ4v) is 5.18. The normalized spacial score (nSPS) is 23.7. The van der Waals surface area contributed by atoms with Crippen LogP contribution in [-0.4, -0.2) is 71.6 Å². The Kier molecular flexibility index (Phi) is 5.96. The fourth-order valence-electron chi connectivity index (χ4n) is 4.86. The van der Waals surface area contributed by atoms with E-state index in [-0.39, 0.29) is 0 Å². The molecule has 0 radical (unpaired) electrons. The maximum Gasteiger partial charge on any atom is 0.139 e. The van der Waals surface area contributed by atoms with E-state index in [1.54, 1.807) is 6.33 Å². The quantitative estimate of drug-likeness (QED) is 0.702. The van der Waals surface area contributed by atoms with Gasteiger partial charge in [-0.25, -0.2) is 9.97 Å². The number of aromatic nitrogens is 2. The van der Waals surface area contributed by atoms with Gasteiger partial charge in [0.25, 0.3) is 0 Å². The van der Waals surface area contributed by atoms with Gasteiger partial charge < -0.3 is 4.90 Å². The van der Waals surface area contributed by atoms with Gasteiger partial charge in [-0.1, -0.05) is 34.9 Å². The van der Waals surface area contributed by atoms with Crippen LogP contribution in [0.5, 0.6) is 0 Å². The molecule has 7 heteroatoms. The lowest BCUT2D eigenvalue weighted by Crippen LogP contribution is -2.51. The number of fused-ring (bicyclic) bond motifs is 1. The van der Waals surface area contributed by atoms with E-state index in [2.05, 4.69) is 36.8 Å². The zero-order valence-corrected chi connectivity index (χ0v) is 18.6. The zero-order valence-electron chi connectivity index (χ0n) is 17.1. The summed E-state index contributed by atoms with van der Waals surface area (Å²) in [5, 5.41) is 2.78. The molecule has 0 saturated carbocycles. The molecule has 5 rings (SSSR count). The fraction of sp³-hybridized carbons (Fsp3) is 0.478. The first-order valence-electron chi connectivity index (χ1n) is 10.8. The summed E-state index contributed by atoms with van der Waals surface area (Å²) in [6.07, 6.45) is 9.22. The molecule has 1 aromatic heterocycles. The van der Waals surface area contributed by atoms with Gasteiger partial charge >= 0.3 is 0 Å². The maximum atomic E-state index is 6.14. The van der Waals surface area contributed by atoms with Gasteiger partial charge in [0.05, 0.1) is 5.52 Å². The molecular weight excluding hydrogens is 417 g/mol. The van der Waals surface area contributed by atoms with Crippen LogP contribution in [0.4, 0.5) is 5.82 Å². The highest BCUT2D eigenvalue weighted by Crippen LogP contribution is 2.29. The van der Waals surface area contributed by atoms with Crippen LogP contribution in [0.2, 0.25) is 5.02 Å². The molecule has 2 aromatic rings. The first-order chi connectivity index (χ1) is 14.7. The second-order valence-electron chi connectivity index (χ2n) is 8.50. The summed E-state index contributed by atoms with van der Waals surface area (Å²) in [6.45, 7) is 7.72. The molecule has 158 valence electrons. The van der Waals surface area contributed by atoms with Crippen LogP contribution in [0.15, 0.2) is 47.3 Å². The monoisotopic (exact) mass is 443 g/mol. The van der Waals surface area contributed by atoms with Crippen molar-refractivity contribution in [3.05, 3.63) is 52.3 Å².